The van der Waals surface area contributed by atoms with Crippen LogP contribution in [0.4, 0.5) is 23.7 Å². The van der Waals surface area contributed by atoms with Crippen LogP contribution in [0.5, 0.6) is 0 Å². The summed E-state index contributed by atoms with van der Waals surface area (Å²) in [5.41, 5.74) is -1.01. The SMILES string of the molecule is CCCN(CCO)C(=O)Nc1ccc(Cl)c(C(F)(F)F)c1. The van der Waals surface area contributed by atoms with Gasteiger partial charge in [0.1, 0.15) is 0 Å². The first kappa shape index (κ1) is 17.6. The van der Waals surface area contributed by atoms with Gasteiger partial charge >= 0.3 is 12.2 Å². The molecular formula is C13H16ClF3N2O2. The van der Waals surface area contributed by atoms with Gasteiger partial charge in [-0.25, -0.2) is 4.79 Å². The van der Waals surface area contributed by atoms with Crippen LogP contribution in [0.3, 0.4) is 0 Å². The molecule has 1 rings (SSSR count). The Morgan fingerprint density at radius 2 is 2.05 bits per heavy atom. The van der Waals surface area contributed by atoms with E-state index in [-0.39, 0.29) is 18.8 Å². The zero-order chi connectivity index (χ0) is 16.0. The number of nitrogens with one attached hydrogen (secondary N) is 1. The van der Waals surface area contributed by atoms with E-state index >= 15 is 0 Å². The largest absolute Gasteiger partial charge is 0.417 e. The standard InChI is InChI=1S/C13H16ClF3N2O2/c1-2-5-19(6-7-20)12(21)18-9-3-4-11(14)10(8-9)13(15,16)17/h3-4,8,20H,2,5-7H2,1H3,(H,18,21). The Labute approximate surface area is 125 Å². The highest BCUT2D eigenvalue weighted by atomic mass is 35.5. The summed E-state index contributed by atoms with van der Waals surface area (Å²) in [5.74, 6) is 0. The minimum Gasteiger partial charge on any atom is -0.395 e. The number of amides is 2. The van der Waals surface area contributed by atoms with Crippen molar-refractivity contribution in [1.82, 2.24) is 4.90 Å². The number of aliphatic hydroxyl groups excluding tert-OH is 1. The van der Waals surface area contributed by atoms with E-state index in [0.717, 1.165) is 12.1 Å². The first-order chi connectivity index (χ1) is 9.79. The number of nitrogens with zero attached hydrogens (tertiary/aromatic N) is 1. The van der Waals surface area contributed by atoms with E-state index in [0.29, 0.717) is 13.0 Å². The van der Waals surface area contributed by atoms with Gasteiger partial charge < -0.3 is 15.3 Å². The van der Waals surface area contributed by atoms with Crippen LogP contribution >= 0.6 is 11.6 Å². The van der Waals surface area contributed by atoms with Gasteiger partial charge in [0.25, 0.3) is 0 Å². The van der Waals surface area contributed by atoms with Crippen molar-refractivity contribution >= 4 is 23.3 Å². The number of alkyl halides is 3. The molecule has 2 amide bonds. The number of halogens is 4. The monoisotopic (exact) mass is 324 g/mol. The van der Waals surface area contributed by atoms with Crippen LogP contribution in [0.1, 0.15) is 18.9 Å². The number of carbonyl (C=O) groups excluding carboxylic acids is 1. The zero-order valence-corrected chi connectivity index (χ0v) is 12.1. The Bertz CT molecular complexity index is 489. The summed E-state index contributed by atoms with van der Waals surface area (Å²) in [6.07, 6.45) is -3.92. The molecule has 0 heterocycles. The molecule has 0 saturated carbocycles. The summed E-state index contributed by atoms with van der Waals surface area (Å²) in [6.45, 7) is 2.13. The first-order valence-electron chi connectivity index (χ1n) is 6.33. The molecule has 0 atom stereocenters. The summed E-state index contributed by atoms with van der Waals surface area (Å²) in [5, 5.41) is 10.8. The summed E-state index contributed by atoms with van der Waals surface area (Å²) in [7, 11) is 0. The molecule has 0 bridgehead atoms. The van der Waals surface area contributed by atoms with Crippen molar-refractivity contribution < 1.29 is 23.1 Å². The summed E-state index contributed by atoms with van der Waals surface area (Å²) in [4.78, 5) is 13.2. The van der Waals surface area contributed by atoms with Crippen LogP contribution in [0.15, 0.2) is 18.2 Å². The minimum absolute atomic E-state index is 0.00392. The fourth-order valence-corrected chi connectivity index (χ4v) is 1.95. The molecule has 0 fully saturated rings. The Kier molecular flexibility index (Phi) is 6.29. The molecule has 8 heteroatoms. The number of hydrogen-bond donors (Lipinski definition) is 2. The molecule has 0 spiro atoms. The van der Waals surface area contributed by atoms with E-state index in [4.69, 9.17) is 16.7 Å². The van der Waals surface area contributed by atoms with Gasteiger partial charge in [-0.05, 0) is 24.6 Å². The minimum atomic E-state index is -4.59. The highest BCUT2D eigenvalue weighted by Gasteiger charge is 2.33. The van der Waals surface area contributed by atoms with Crippen LogP contribution in [-0.2, 0) is 6.18 Å². The predicted molar refractivity (Wildman–Crippen MR) is 74.4 cm³/mol. The summed E-state index contributed by atoms with van der Waals surface area (Å²) >= 11 is 5.50. The second-order valence-corrected chi connectivity index (χ2v) is 4.74. The van der Waals surface area contributed by atoms with Gasteiger partial charge in [-0.1, -0.05) is 18.5 Å². The highest BCUT2D eigenvalue weighted by molar-refractivity contribution is 6.31. The molecule has 0 aliphatic carbocycles. The van der Waals surface area contributed by atoms with Gasteiger partial charge in [-0.15, -0.1) is 0 Å². The highest BCUT2D eigenvalue weighted by Crippen LogP contribution is 2.36. The van der Waals surface area contributed by atoms with Crippen LogP contribution in [0, 0.1) is 0 Å². The van der Waals surface area contributed by atoms with Crippen molar-refractivity contribution in [3.05, 3.63) is 28.8 Å². The van der Waals surface area contributed by atoms with E-state index in [2.05, 4.69) is 5.32 Å². The fourth-order valence-electron chi connectivity index (χ4n) is 1.73. The molecule has 4 nitrogen and oxygen atoms in total. The third-order valence-electron chi connectivity index (χ3n) is 2.67. The quantitative estimate of drug-likeness (QED) is 0.869. The summed E-state index contributed by atoms with van der Waals surface area (Å²) < 4.78 is 38.2. The van der Waals surface area contributed by atoms with E-state index < -0.39 is 22.8 Å². The molecule has 118 valence electrons. The van der Waals surface area contributed by atoms with Gasteiger partial charge in [0.2, 0.25) is 0 Å². The molecule has 0 saturated heterocycles. The van der Waals surface area contributed by atoms with Crippen molar-refractivity contribution in [2.75, 3.05) is 25.0 Å². The maximum atomic E-state index is 12.7. The number of rotatable bonds is 5. The van der Waals surface area contributed by atoms with E-state index in [9.17, 15) is 18.0 Å². The third kappa shape index (κ3) is 5.09. The molecule has 0 aromatic heterocycles. The third-order valence-corrected chi connectivity index (χ3v) is 3.00. The second-order valence-electron chi connectivity index (χ2n) is 4.33. The molecule has 1 aromatic carbocycles. The van der Waals surface area contributed by atoms with Gasteiger partial charge in [0.15, 0.2) is 0 Å². The van der Waals surface area contributed by atoms with E-state index in [1.165, 1.54) is 11.0 Å². The molecule has 2 N–H and O–H groups in total. The number of benzene rings is 1. The maximum absolute atomic E-state index is 12.7. The fraction of sp³-hybridized carbons (Fsp3) is 0.462. The van der Waals surface area contributed by atoms with Crippen molar-refractivity contribution in [2.45, 2.75) is 19.5 Å². The molecule has 0 aliphatic rings. The Morgan fingerprint density at radius 3 is 2.57 bits per heavy atom. The molecule has 1 aromatic rings. The second kappa shape index (κ2) is 7.51. The smallest absolute Gasteiger partial charge is 0.395 e. The number of aliphatic hydroxyl groups is 1. The topological polar surface area (TPSA) is 52.6 Å². The van der Waals surface area contributed by atoms with Gasteiger partial charge in [0.05, 0.1) is 17.2 Å². The number of hydrogen-bond acceptors (Lipinski definition) is 2. The number of urea groups is 1. The van der Waals surface area contributed by atoms with Crippen LogP contribution in [0.25, 0.3) is 0 Å². The lowest BCUT2D eigenvalue weighted by molar-refractivity contribution is -0.137. The van der Waals surface area contributed by atoms with Crippen molar-refractivity contribution in [3.63, 3.8) is 0 Å². The Hall–Kier alpha value is -1.47. The van der Waals surface area contributed by atoms with E-state index in [1.807, 2.05) is 6.92 Å². The van der Waals surface area contributed by atoms with Gasteiger partial charge in [0, 0.05) is 18.8 Å². The normalized spacial score (nSPS) is 11.3. The molecule has 0 aliphatic heterocycles. The van der Waals surface area contributed by atoms with E-state index in [1.54, 1.807) is 0 Å². The van der Waals surface area contributed by atoms with Crippen LogP contribution in [0.2, 0.25) is 5.02 Å². The Balaban J connectivity index is 2.90. The van der Waals surface area contributed by atoms with Gasteiger partial charge in [-0.2, -0.15) is 13.2 Å². The molecule has 0 radical (unpaired) electrons. The van der Waals surface area contributed by atoms with Crippen molar-refractivity contribution in [1.29, 1.82) is 0 Å². The van der Waals surface area contributed by atoms with Crippen molar-refractivity contribution in [3.8, 4) is 0 Å². The zero-order valence-electron chi connectivity index (χ0n) is 11.4. The molecule has 21 heavy (non-hydrogen) atoms. The average molecular weight is 325 g/mol. The average Bonchev–Trinajstić information content (AvgIpc) is 2.39. The van der Waals surface area contributed by atoms with Crippen LogP contribution in [-0.4, -0.2) is 35.7 Å². The molecular weight excluding hydrogens is 309 g/mol. The van der Waals surface area contributed by atoms with Crippen LogP contribution < -0.4 is 5.32 Å². The number of anilines is 1. The lowest BCUT2D eigenvalue weighted by Crippen LogP contribution is -2.37. The lowest BCUT2D eigenvalue weighted by Gasteiger charge is -2.22. The molecule has 0 unspecified atom stereocenters. The number of carbonyl (C=O) groups is 1. The first-order valence-corrected chi connectivity index (χ1v) is 6.71. The Morgan fingerprint density at radius 1 is 1.38 bits per heavy atom. The van der Waals surface area contributed by atoms with Crippen molar-refractivity contribution in [2.24, 2.45) is 0 Å². The maximum Gasteiger partial charge on any atom is 0.417 e. The summed E-state index contributed by atoms with van der Waals surface area (Å²) in [6, 6.07) is 2.58. The van der Waals surface area contributed by atoms with Gasteiger partial charge in [-0.3, -0.25) is 0 Å². The predicted octanol–water partition coefficient (Wildman–Crippen LogP) is 3.60. The lowest BCUT2D eigenvalue weighted by atomic mass is 10.2.